The van der Waals surface area contributed by atoms with Crippen molar-refractivity contribution in [2.45, 2.75) is 23.8 Å². The third kappa shape index (κ3) is 3.17. The smallest absolute Gasteiger partial charge is 0.319 e. The van der Waals surface area contributed by atoms with Crippen LogP contribution in [-0.4, -0.2) is 20.5 Å². The van der Waals surface area contributed by atoms with E-state index in [1.54, 1.807) is 0 Å². The van der Waals surface area contributed by atoms with E-state index < -0.39 is 21.9 Å². The maximum Gasteiger partial charge on any atom is 0.319 e. The van der Waals surface area contributed by atoms with Crippen molar-refractivity contribution in [1.29, 1.82) is 0 Å². The minimum absolute atomic E-state index is 0.108. The maximum absolute atomic E-state index is 13.1. The molecular weight excluding hydrogens is 261 g/mol. The van der Waals surface area contributed by atoms with Crippen LogP contribution >= 0.6 is 0 Å². The summed E-state index contributed by atoms with van der Waals surface area (Å²) in [5.74, 6) is -0.663. The molecule has 1 aliphatic rings. The van der Waals surface area contributed by atoms with E-state index in [0.717, 1.165) is 31.0 Å². The molecule has 1 aromatic rings. The summed E-state index contributed by atoms with van der Waals surface area (Å²) in [5.41, 5.74) is -0.171. The average molecular weight is 273 g/mol. The van der Waals surface area contributed by atoms with E-state index in [9.17, 15) is 17.6 Å². The van der Waals surface area contributed by atoms with Crippen molar-refractivity contribution < 1.29 is 17.6 Å². The van der Waals surface area contributed by atoms with Crippen LogP contribution in [0.15, 0.2) is 23.1 Å². The predicted molar refractivity (Wildman–Crippen MR) is 62.9 cm³/mol. The number of hydrogen-bond acceptors (Lipinski definition) is 3. The Balaban J connectivity index is 2.24. The molecule has 0 unspecified atom stereocenters. The predicted octanol–water partition coefficient (Wildman–Crippen LogP) is 0.757. The number of primary sulfonamides is 1. The van der Waals surface area contributed by atoms with Gasteiger partial charge in [-0.3, -0.25) is 0 Å². The molecule has 0 radical (unpaired) electrons. The molecule has 0 aliphatic heterocycles. The van der Waals surface area contributed by atoms with Gasteiger partial charge in [-0.05, 0) is 31.0 Å². The van der Waals surface area contributed by atoms with Gasteiger partial charge in [0.05, 0.1) is 5.69 Å². The lowest BCUT2D eigenvalue weighted by molar-refractivity contribution is 0.251. The van der Waals surface area contributed by atoms with Crippen LogP contribution in [0.5, 0.6) is 0 Å². The van der Waals surface area contributed by atoms with Gasteiger partial charge in [-0.2, -0.15) is 0 Å². The normalized spacial score (nSPS) is 15.2. The van der Waals surface area contributed by atoms with Crippen LogP contribution < -0.4 is 15.8 Å². The summed E-state index contributed by atoms with van der Waals surface area (Å²) in [6.07, 6.45) is 1.78. The highest BCUT2D eigenvalue weighted by Gasteiger charge is 2.24. The van der Waals surface area contributed by atoms with Crippen molar-refractivity contribution in [3.05, 3.63) is 24.0 Å². The first-order chi connectivity index (χ1) is 8.36. The van der Waals surface area contributed by atoms with Gasteiger partial charge < -0.3 is 10.6 Å². The first kappa shape index (κ1) is 12.8. The molecule has 1 aromatic carbocycles. The van der Waals surface area contributed by atoms with Crippen LogP contribution in [0.1, 0.15) is 12.8 Å². The Kier molecular flexibility index (Phi) is 3.22. The van der Waals surface area contributed by atoms with Gasteiger partial charge in [0.25, 0.3) is 0 Å². The van der Waals surface area contributed by atoms with Gasteiger partial charge in [0, 0.05) is 6.04 Å². The fourth-order valence-electron chi connectivity index (χ4n) is 1.42. The summed E-state index contributed by atoms with van der Waals surface area (Å²) >= 11 is 0. The van der Waals surface area contributed by atoms with Crippen molar-refractivity contribution in [1.82, 2.24) is 5.32 Å². The Morgan fingerprint density at radius 2 is 2.06 bits per heavy atom. The molecule has 2 amide bonds. The summed E-state index contributed by atoms with van der Waals surface area (Å²) in [5, 5.41) is 9.85. The highest BCUT2D eigenvalue weighted by atomic mass is 32.2. The molecule has 4 N–H and O–H groups in total. The molecule has 6 nitrogen and oxygen atoms in total. The summed E-state index contributed by atoms with van der Waals surface area (Å²) in [6, 6.07) is 2.41. The third-order valence-corrected chi connectivity index (χ3v) is 3.38. The molecule has 98 valence electrons. The average Bonchev–Trinajstić information content (AvgIpc) is 2.99. The molecule has 1 fully saturated rings. The lowest BCUT2D eigenvalue weighted by atomic mass is 10.3. The molecular formula is C10H12FN3O3S. The van der Waals surface area contributed by atoms with Gasteiger partial charge in [0.2, 0.25) is 10.0 Å². The number of benzene rings is 1. The van der Waals surface area contributed by atoms with Gasteiger partial charge in [-0.1, -0.05) is 0 Å². The first-order valence-corrected chi connectivity index (χ1v) is 6.81. The number of nitrogens with two attached hydrogens (primary N) is 1. The Morgan fingerprint density at radius 1 is 1.39 bits per heavy atom. The topological polar surface area (TPSA) is 101 Å². The first-order valence-electron chi connectivity index (χ1n) is 5.26. The number of sulfonamides is 1. The Hall–Kier alpha value is -1.67. The van der Waals surface area contributed by atoms with E-state index in [0.29, 0.717) is 0 Å². The van der Waals surface area contributed by atoms with Gasteiger partial charge in [0.1, 0.15) is 10.7 Å². The number of amides is 2. The van der Waals surface area contributed by atoms with E-state index in [1.165, 1.54) is 0 Å². The highest BCUT2D eigenvalue weighted by Crippen LogP contribution is 2.22. The van der Waals surface area contributed by atoms with Crippen molar-refractivity contribution in [3.8, 4) is 0 Å². The molecule has 0 spiro atoms. The zero-order valence-corrected chi connectivity index (χ0v) is 10.1. The van der Waals surface area contributed by atoms with Crippen LogP contribution in [0, 0.1) is 5.82 Å². The molecule has 18 heavy (non-hydrogen) atoms. The molecule has 0 atom stereocenters. The monoisotopic (exact) mass is 273 g/mol. The summed E-state index contributed by atoms with van der Waals surface area (Å²) in [4.78, 5) is 11.1. The van der Waals surface area contributed by atoms with Crippen molar-refractivity contribution in [2.24, 2.45) is 5.14 Å². The number of hydrogen-bond donors (Lipinski definition) is 3. The lowest BCUT2D eigenvalue weighted by Crippen LogP contribution is -2.31. The van der Waals surface area contributed by atoms with Gasteiger partial charge in [-0.25, -0.2) is 22.7 Å². The molecule has 0 aromatic heterocycles. The minimum atomic E-state index is -4.02. The minimum Gasteiger partial charge on any atom is -0.335 e. The van der Waals surface area contributed by atoms with Gasteiger partial charge >= 0.3 is 6.03 Å². The fraction of sp³-hybridized carbons (Fsp3) is 0.300. The SMILES string of the molecule is NS(=O)(=O)c1ccc(F)cc1NC(=O)NC1CC1. The zero-order chi connectivity index (χ0) is 13.3. The second-order valence-corrected chi connectivity index (χ2v) is 5.59. The van der Waals surface area contributed by atoms with Crippen molar-refractivity contribution in [2.75, 3.05) is 5.32 Å². The molecule has 2 rings (SSSR count). The second kappa shape index (κ2) is 4.54. The number of carbonyl (C=O) groups is 1. The quantitative estimate of drug-likeness (QED) is 0.757. The van der Waals surface area contributed by atoms with Gasteiger partial charge in [0.15, 0.2) is 0 Å². The molecule has 0 bridgehead atoms. The van der Waals surface area contributed by atoms with Crippen LogP contribution in [0.2, 0.25) is 0 Å². The summed E-state index contributed by atoms with van der Waals surface area (Å²) in [6.45, 7) is 0. The Morgan fingerprint density at radius 3 is 2.61 bits per heavy atom. The lowest BCUT2D eigenvalue weighted by Gasteiger charge is -2.10. The standard InChI is InChI=1S/C10H12FN3O3S/c11-6-1-4-9(18(12,16)17)8(5-6)14-10(15)13-7-2-3-7/h1,4-5,7H,2-3H2,(H2,12,16,17)(H2,13,14,15). The van der Waals surface area contributed by atoms with E-state index in [2.05, 4.69) is 10.6 Å². The number of rotatable bonds is 3. The number of urea groups is 1. The summed E-state index contributed by atoms with van der Waals surface area (Å²) in [7, 11) is -4.02. The second-order valence-electron chi connectivity index (χ2n) is 4.06. The largest absolute Gasteiger partial charge is 0.335 e. The molecule has 0 saturated heterocycles. The van der Waals surface area contributed by atoms with E-state index in [-0.39, 0.29) is 16.6 Å². The van der Waals surface area contributed by atoms with Crippen molar-refractivity contribution in [3.63, 3.8) is 0 Å². The van der Waals surface area contributed by atoms with Crippen LogP contribution in [0.25, 0.3) is 0 Å². The summed E-state index contributed by atoms with van der Waals surface area (Å²) < 4.78 is 35.6. The number of nitrogens with one attached hydrogen (secondary N) is 2. The van der Waals surface area contributed by atoms with E-state index in [4.69, 9.17) is 5.14 Å². The molecule has 0 heterocycles. The number of halogens is 1. The van der Waals surface area contributed by atoms with Crippen LogP contribution in [-0.2, 0) is 10.0 Å². The molecule has 8 heteroatoms. The zero-order valence-electron chi connectivity index (χ0n) is 9.31. The fourth-order valence-corrected chi connectivity index (χ4v) is 2.09. The van der Waals surface area contributed by atoms with Crippen molar-refractivity contribution >= 4 is 21.7 Å². The highest BCUT2D eigenvalue weighted by molar-refractivity contribution is 7.89. The Labute approximate surface area is 103 Å². The van der Waals surface area contributed by atoms with Crippen LogP contribution in [0.3, 0.4) is 0 Å². The van der Waals surface area contributed by atoms with Gasteiger partial charge in [-0.15, -0.1) is 0 Å². The third-order valence-electron chi connectivity index (χ3n) is 2.41. The van der Waals surface area contributed by atoms with Crippen LogP contribution in [0.4, 0.5) is 14.9 Å². The molecule has 1 aliphatic carbocycles. The maximum atomic E-state index is 13.1. The number of carbonyl (C=O) groups excluding carboxylic acids is 1. The van der Waals surface area contributed by atoms with E-state index in [1.807, 2.05) is 0 Å². The number of anilines is 1. The molecule has 1 saturated carbocycles. The van der Waals surface area contributed by atoms with E-state index >= 15 is 0 Å². The Bertz CT molecular complexity index is 584.